The molecule has 7 aromatic carbocycles. The molecule has 2 heteroatoms. The van der Waals surface area contributed by atoms with E-state index in [1.54, 1.807) is 0 Å². The van der Waals surface area contributed by atoms with E-state index >= 15 is 0 Å². The van der Waals surface area contributed by atoms with Crippen molar-refractivity contribution in [3.63, 3.8) is 0 Å². The molecule has 1 aromatic heterocycles. The highest BCUT2D eigenvalue weighted by Gasteiger charge is 2.36. The van der Waals surface area contributed by atoms with E-state index < -0.39 is 0 Å². The zero-order chi connectivity index (χ0) is 34.1. The summed E-state index contributed by atoms with van der Waals surface area (Å²) in [6.07, 6.45) is 7.82. The second-order valence-electron chi connectivity index (χ2n) is 14.5. The van der Waals surface area contributed by atoms with E-state index in [9.17, 15) is 0 Å². The lowest BCUT2D eigenvalue weighted by molar-refractivity contribution is 0.660. The molecule has 2 aliphatic rings. The summed E-state index contributed by atoms with van der Waals surface area (Å²) in [6, 6.07) is 56.5. The first kappa shape index (κ1) is 30.2. The largest absolute Gasteiger partial charge is 0.334 e. The summed E-state index contributed by atoms with van der Waals surface area (Å²) in [7, 11) is 0. The molecule has 0 amide bonds. The minimum Gasteiger partial charge on any atom is -0.334 e. The smallest absolute Gasteiger partial charge is 0.0565 e. The molecule has 0 aliphatic heterocycles. The third-order valence-corrected chi connectivity index (χ3v) is 12.4. The van der Waals surface area contributed by atoms with Gasteiger partial charge in [-0.15, -0.1) is 11.3 Å². The molecule has 2 aliphatic carbocycles. The number of fused-ring (bicyclic) bond motifs is 8. The summed E-state index contributed by atoms with van der Waals surface area (Å²) < 4.78 is 2.69. The van der Waals surface area contributed by atoms with Crippen molar-refractivity contribution in [1.29, 1.82) is 0 Å². The standard InChI is InChI=1S/C49H37NS/c1-49(2)44-21-9-8-18-41(44)43-31-38(27-28-45(43)49)50(37-16-10-15-35(30-37)32-12-4-3-5-13-32)36-25-22-34(23-26-36)40-19-11-20-42-47-39-17-7-6-14-33(39)24-29-46(47)51-48(40)42/h3-29,31,37H,30H2,1-2H3. The average Bonchev–Trinajstić information content (AvgIpc) is 3.68. The number of allylic oxidation sites excluding steroid dienone is 2. The van der Waals surface area contributed by atoms with Crippen LogP contribution in [0.2, 0.25) is 0 Å². The Kier molecular flexibility index (Phi) is 6.91. The predicted molar refractivity (Wildman–Crippen MR) is 220 cm³/mol. The van der Waals surface area contributed by atoms with Crippen LogP contribution >= 0.6 is 11.3 Å². The molecule has 0 spiro atoms. The van der Waals surface area contributed by atoms with Crippen LogP contribution in [0.25, 0.3) is 58.8 Å². The van der Waals surface area contributed by atoms with Gasteiger partial charge in [0.15, 0.2) is 0 Å². The molecule has 8 aromatic rings. The molecule has 0 saturated carbocycles. The van der Waals surface area contributed by atoms with Gasteiger partial charge in [0, 0.05) is 37.0 Å². The van der Waals surface area contributed by atoms with Crippen molar-refractivity contribution < 1.29 is 0 Å². The molecule has 0 bridgehead atoms. The lowest BCUT2D eigenvalue weighted by Gasteiger charge is -2.35. The van der Waals surface area contributed by atoms with Gasteiger partial charge in [-0.1, -0.05) is 153 Å². The zero-order valence-corrected chi connectivity index (χ0v) is 29.6. The Morgan fingerprint density at radius 3 is 2.20 bits per heavy atom. The number of hydrogen-bond donors (Lipinski definition) is 0. The van der Waals surface area contributed by atoms with Crippen molar-refractivity contribution in [1.82, 2.24) is 0 Å². The van der Waals surface area contributed by atoms with Gasteiger partial charge in [0.05, 0.1) is 6.04 Å². The van der Waals surface area contributed by atoms with Gasteiger partial charge in [-0.05, 0) is 92.0 Å². The number of benzene rings is 7. The number of rotatable bonds is 5. The first-order chi connectivity index (χ1) is 25.0. The Bertz CT molecular complexity index is 2690. The topological polar surface area (TPSA) is 3.24 Å². The maximum absolute atomic E-state index is 2.55. The Hall–Kier alpha value is -5.70. The van der Waals surface area contributed by atoms with Gasteiger partial charge in [-0.3, -0.25) is 0 Å². The highest BCUT2D eigenvalue weighted by atomic mass is 32.1. The number of thiophene rings is 1. The summed E-state index contributed by atoms with van der Waals surface area (Å²) in [5, 5.41) is 5.32. The summed E-state index contributed by atoms with van der Waals surface area (Å²) >= 11 is 1.91. The van der Waals surface area contributed by atoms with Crippen LogP contribution in [0.15, 0.2) is 170 Å². The van der Waals surface area contributed by atoms with Crippen LogP contribution in [-0.2, 0) is 5.41 Å². The highest BCUT2D eigenvalue weighted by Crippen LogP contribution is 2.50. The first-order valence-corrected chi connectivity index (χ1v) is 18.8. The molecule has 1 nitrogen and oxygen atoms in total. The van der Waals surface area contributed by atoms with Crippen molar-refractivity contribution in [2.45, 2.75) is 31.7 Å². The van der Waals surface area contributed by atoms with Crippen LogP contribution in [0.1, 0.15) is 37.0 Å². The first-order valence-electron chi connectivity index (χ1n) is 17.9. The highest BCUT2D eigenvalue weighted by molar-refractivity contribution is 7.26. The van der Waals surface area contributed by atoms with Gasteiger partial charge in [0.1, 0.15) is 0 Å². The summed E-state index contributed by atoms with van der Waals surface area (Å²) in [5.41, 5.74) is 13.1. The van der Waals surface area contributed by atoms with Gasteiger partial charge in [-0.2, -0.15) is 0 Å². The van der Waals surface area contributed by atoms with Gasteiger partial charge < -0.3 is 4.90 Å². The Morgan fingerprint density at radius 2 is 1.31 bits per heavy atom. The number of nitrogens with zero attached hydrogens (tertiary/aromatic N) is 1. The van der Waals surface area contributed by atoms with Gasteiger partial charge in [0.25, 0.3) is 0 Å². The third kappa shape index (κ3) is 4.82. The van der Waals surface area contributed by atoms with E-state index in [1.807, 2.05) is 11.3 Å². The maximum atomic E-state index is 2.55. The van der Waals surface area contributed by atoms with E-state index in [2.05, 4.69) is 189 Å². The monoisotopic (exact) mass is 671 g/mol. The fourth-order valence-corrected chi connectivity index (χ4v) is 9.95. The van der Waals surface area contributed by atoms with Crippen molar-refractivity contribution in [2.75, 3.05) is 4.90 Å². The van der Waals surface area contributed by atoms with Crippen molar-refractivity contribution in [3.8, 4) is 22.3 Å². The molecule has 1 heterocycles. The zero-order valence-electron chi connectivity index (χ0n) is 28.8. The SMILES string of the molecule is CC1(C)c2ccccc2-c2cc(N(c3ccc(-c4cccc5c4sc4ccc6ccccc6c45)cc3)C3C=CC=C(c4ccccc4)C3)ccc21. The average molecular weight is 672 g/mol. The van der Waals surface area contributed by atoms with Crippen LogP contribution in [-0.4, -0.2) is 6.04 Å². The van der Waals surface area contributed by atoms with Crippen LogP contribution in [0, 0.1) is 0 Å². The second-order valence-corrected chi connectivity index (χ2v) is 15.5. The third-order valence-electron chi connectivity index (χ3n) is 11.2. The predicted octanol–water partition coefficient (Wildman–Crippen LogP) is 13.7. The molecular weight excluding hydrogens is 635 g/mol. The van der Waals surface area contributed by atoms with Gasteiger partial charge in [-0.25, -0.2) is 0 Å². The summed E-state index contributed by atoms with van der Waals surface area (Å²) in [4.78, 5) is 2.55. The minimum atomic E-state index is -0.0230. The lowest BCUT2D eigenvalue weighted by atomic mass is 9.82. The summed E-state index contributed by atoms with van der Waals surface area (Å²) in [5.74, 6) is 0. The Balaban J connectivity index is 1.09. The minimum absolute atomic E-state index is 0.0230. The van der Waals surface area contributed by atoms with E-state index in [0.717, 1.165) is 6.42 Å². The Morgan fingerprint density at radius 1 is 0.588 bits per heavy atom. The van der Waals surface area contributed by atoms with E-state index in [0.29, 0.717) is 0 Å². The second kappa shape index (κ2) is 11.7. The Labute approximate surface area is 303 Å². The van der Waals surface area contributed by atoms with Crippen LogP contribution in [0.5, 0.6) is 0 Å². The normalized spacial score (nSPS) is 16.0. The van der Waals surface area contributed by atoms with E-state index in [1.165, 1.54) is 86.8 Å². The van der Waals surface area contributed by atoms with E-state index in [-0.39, 0.29) is 11.5 Å². The van der Waals surface area contributed by atoms with Crippen LogP contribution in [0.3, 0.4) is 0 Å². The molecule has 0 N–H and O–H groups in total. The fourth-order valence-electron chi connectivity index (χ4n) is 8.69. The molecule has 0 saturated heterocycles. The fraction of sp³-hybridized carbons (Fsp3) is 0.102. The van der Waals surface area contributed by atoms with E-state index in [4.69, 9.17) is 0 Å². The molecular formula is C49H37NS. The summed E-state index contributed by atoms with van der Waals surface area (Å²) in [6.45, 7) is 4.71. The molecule has 0 radical (unpaired) electrons. The molecule has 0 fully saturated rings. The molecule has 244 valence electrons. The quantitative estimate of drug-likeness (QED) is 0.176. The van der Waals surface area contributed by atoms with Gasteiger partial charge >= 0.3 is 0 Å². The van der Waals surface area contributed by atoms with Crippen LogP contribution in [0.4, 0.5) is 11.4 Å². The van der Waals surface area contributed by atoms with Gasteiger partial charge in [0.2, 0.25) is 0 Å². The molecule has 1 atom stereocenters. The van der Waals surface area contributed by atoms with Crippen molar-refractivity contribution in [3.05, 3.63) is 187 Å². The maximum Gasteiger partial charge on any atom is 0.0565 e. The van der Waals surface area contributed by atoms with Crippen molar-refractivity contribution in [2.24, 2.45) is 0 Å². The van der Waals surface area contributed by atoms with Crippen LogP contribution < -0.4 is 4.90 Å². The number of anilines is 2. The number of hydrogen-bond acceptors (Lipinski definition) is 2. The lowest BCUT2D eigenvalue weighted by Crippen LogP contribution is -2.30. The van der Waals surface area contributed by atoms with Crippen molar-refractivity contribution >= 4 is 59.2 Å². The molecule has 10 rings (SSSR count). The molecule has 51 heavy (non-hydrogen) atoms. The molecule has 1 unspecified atom stereocenters.